The van der Waals surface area contributed by atoms with Crippen LogP contribution < -0.4 is 11.0 Å². The second-order valence-electron chi connectivity index (χ2n) is 5.47. The van der Waals surface area contributed by atoms with Crippen molar-refractivity contribution in [1.82, 2.24) is 9.55 Å². The minimum atomic E-state index is -0.479. The fourth-order valence-corrected chi connectivity index (χ4v) is 2.77. The number of rotatable bonds is 4. The molecule has 0 aliphatic heterocycles. The van der Waals surface area contributed by atoms with Gasteiger partial charge in [0.05, 0.1) is 24.8 Å². The molecule has 0 atom stereocenters. The van der Waals surface area contributed by atoms with Crippen molar-refractivity contribution in [2.75, 3.05) is 13.7 Å². The molecule has 126 valence electrons. The summed E-state index contributed by atoms with van der Waals surface area (Å²) >= 11 is 0. The van der Waals surface area contributed by atoms with Crippen LogP contribution in [0.5, 0.6) is 0 Å². The predicted octanol–water partition coefficient (Wildman–Crippen LogP) is 2.41. The van der Waals surface area contributed by atoms with Gasteiger partial charge in [0.2, 0.25) is 11.1 Å². The van der Waals surface area contributed by atoms with Gasteiger partial charge < -0.3 is 13.6 Å². The van der Waals surface area contributed by atoms with E-state index in [1.807, 2.05) is 0 Å². The van der Waals surface area contributed by atoms with Gasteiger partial charge in [-0.1, -0.05) is 12.1 Å². The maximum atomic E-state index is 13.0. The van der Waals surface area contributed by atoms with E-state index >= 15 is 0 Å². The minimum absolute atomic E-state index is 0.00577. The number of hydrogen-bond acceptors (Lipinski definition) is 6. The Morgan fingerprint density at radius 3 is 2.76 bits per heavy atom. The average Bonchev–Trinajstić information content (AvgIpc) is 3.15. The molecular weight excluding hydrogens is 324 g/mol. The number of ether oxygens (including phenoxy) is 1. The van der Waals surface area contributed by atoms with Gasteiger partial charge >= 0.3 is 0 Å². The van der Waals surface area contributed by atoms with Gasteiger partial charge in [0.25, 0.3) is 5.56 Å². The first kappa shape index (κ1) is 15.3. The Morgan fingerprint density at radius 2 is 2.00 bits per heavy atom. The summed E-state index contributed by atoms with van der Waals surface area (Å²) in [5, 5.41) is 0.267. The topological polar surface area (TPSA) is 87.5 Å². The van der Waals surface area contributed by atoms with Crippen molar-refractivity contribution in [3.8, 4) is 11.6 Å². The number of fused-ring (bicyclic) bond motifs is 2. The summed E-state index contributed by atoms with van der Waals surface area (Å²) in [5.41, 5.74) is -0.500. The Labute approximate surface area is 141 Å². The average molecular weight is 338 g/mol. The quantitative estimate of drug-likeness (QED) is 0.531. The van der Waals surface area contributed by atoms with E-state index in [1.54, 1.807) is 36.4 Å². The summed E-state index contributed by atoms with van der Waals surface area (Å²) in [7, 11) is 1.54. The Bertz CT molecular complexity index is 1170. The zero-order valence-corrected chi connectivity index (χ0v) is 13.4. The highest BCUT2D eigenvalue weighted by Gasteiger charge is 2.19. The van der Waals surface area contributed by atoms with E-state index in [4.69, 9.17) is 13.6 Å². The third-order valence-corrected chi connectivity index (χ3v) is 3.96. The van der Waals surface area contributed by atoms with Crippen LogP contribution in [0.1, 0.15) is 0 Å². The highest BCUT2D eigenvalue weighted by atomic mass is 16.5. The molecule has 0 radical (unpaired) electrons. The maximum absolute atomic E-state index is 13.0. The first-order valence-electron chi connectivity index (χ1n) is 7.70. The summed E-state index contributed by atoms with van der Waals surface area (Å²) in [5.74, 6) is 0.698. The summed E-state index contributed by atoms with van der Waals surface area (Å²) in [6.07, 6.45) is 1.49. The van der Waals surface area contributed by atoms with Gasteiger partial charge in [-0.3, -0.25) is 14.2 Å². The predicted molar refractivity (Wildman–Crippen MR) is 91.6 cm³/mol. The van der Waals surface area contributed by atoms with Crippen molar-refractivity contribution in [2.24, 2.45) is 0 Å². The van der Waals surface area contributed by atoms with Crippen LogP contribution in [0.4, 0.5) is 0 Å². The van der Waals surface area contributed by atoms with Crippen molar-refractivity contribution in [3.05, 3.63) is 63.2 Å². The molecule has 7 nitrogen and oxygen atoms in total. The Morgan fingerprint density at radius 1 is 1.16 bits per heavy atom. The molecule has 0 aliphatic rings. The zero-order chi connectivity index (χ0) is 17.4. The lowest BCUT2D eigenvalue weighted by Gasteiger charge is -2.11. The standard InChI is InChI=1S/C18H14N2O5/c1-23-10-8-20-16(13-7-4-9-24-13)19-17-14(18(20)22)15(21)11-5-2-3-6-12(11)25-17/h2-7,9H,8,10H2,1H3. The van der Waals surface area contributed by atoms with Crippen LogP contribution in [0.25, 0.3) is 33.7 Å². The molecule has 0 aliphatic carbocycles. The number of furan rings is 1. The van der Waals surface area contributed by atoms with Gasteiger partial charge in [0.1, 0.15) is 5.58 Å². The molecule has 7 heteroatoms. The molecule has 0 fully saturated rings. The lowest BCUT2D eigenvalue weighted by molar-refractivity contribution is 0.186. The molecular formula is C18H14N2O5. The van der Waals surface area contributed by atoms with Crippen LogP contribution in [0, 0.1) is 0 Å². The molecule has 25 heavy (non-hydrogen) atoms. The SMILES string of the molecule is COCCn1c(-c2ccco2)nc2oc3ccccc3c(=O)c2c1=O. The van der Waals surface area contributed by atoms with E-state index in [-0.39, 0.29) is 23.5 Å². The molecule has 0 N–H and O–H groups in total. The third kappa shape index (κ3) is 2.45. The number of para-hydroxylation sites is 1. The zero-order valence-electron chi connectivity index (χ0n) is 13.4. The van der Waals surface area contributed by atoms with E-state index in [2.05, 4.69) is 4.98 Å². The van der Waals surface area contributed by atoms with Crippen LogP contribution in [0.2, 0.25) is 0 Å². The molecule has 0 unspecified atom stereocenters. The van der Waals surface area contributed by atoms with E-state index in [0.29, 0.717) is 23.3 Å². The molecule has 1 aromatic carbocycles. The smallest absolute Gasteiger partial charge is 0.269 e. The Balaban J connectivity index is 2.13. The third-order valence-electron chi connectivity index (χ3n) is 3.96. The maximum Gasteiger partial charge on any atom is 0.269 e. The lowest BCUT2D eigenvalue weighted by Crippen LogP contribution is -2.28. The number of aromatic nitrogens is 2. The Hall–Kier alpha value is -3.19. The van der Waals surface area contributed by atoms with Gasteiger partial charge in [0, 0.05) is 7.11 Å². The molecule has 4 aromatic rings. The fourth-order valence-electron chi connectivity index (χ4n) is 2.77. The number of benzene rings is 1. The highest BCUT2D eigenvalue weighted by molar-refractivity contribution is 5.88. The second kappa shape index (κ2) is 6.03. The first-order valence-corrected chi connectivity index (χ1v) is 7.70. The minimum Gasteiger partial charge on any atom is -0.461 e. The van der Waals surface area contributed by atoms with Crippen LogP contribution in [0.3, 0.4) is 0 Å². The van der Waals surface area contributed by atoms with Crippen molar-refractivity contribution in [3.63, 3.8) is 0 Å². The van der Waals surface area contributed by atoms with Gasteiger partial charge in [0.15, 0.2) is 17.0 Å². The molecule has 0 saturated heterocycles. The first-order chi connectivity index (χ1) is 12.2. The van der Waals surface area contributed by atoms with Crippen molar-refractivity contribution >= 4 is 22.1 Å². The molecule has 0 bridgehead atoms. The van der Waals surface area contributed by atoms with Crippen molar-refractivity contribution < 1.29 is 13.6 Å². The normalized spacial score (nSPS) is 11.4. The monoisotopic (exact) mass is 338 g/mol. The highest BCUT2D eigenvalue weighted by Crippen LogP contribution is 2.20. The number of hydrogen-bond donors (Lipinski definition) is 0. The summed E-state index contributed by atoms with van der Waals surface area (Å²) in [6, 6.07) is 10.2. The molecule has 3 heterocycles. The van der Waals surface area contributed by atoms with E-state index in [9.17, 15) is 9.59 Å². The van der Waals surface area contributed by atoms with Crippen molar-refractivity contribution in [2.45, 2.75) is 6.54 Å². The van der Waals surface area contributed by atoms with Crippen LogP contribution in [-0.4, -0.2) is 23.3 Å². The van der Waals surface area contributed by atoms with E-state index in [0.717, 1.165) is 0 Å². The van der Waals surface area contributed by atoms with Crippen LogP contribution in [0.15, 0.2) is 61.1 Å². The van der Waals surface area contributed by atoms with Gasteiger partial charge in [-0.05, 0) is 24.3 Å². The van der Waals surface area contributed by atoms with Crippen LogP contribution >= 0.6 is 0 Å². The molecule has 0 spiro atoms. The molecule has 0 saturated carbocycles. The number of methoxy groups -OCH3 is 1. The summed E-state index contributed by atoms with van der Waals surface area (Å²) in [4.78, 5) is 30.1. The molecule has 4 rings (SSSR count). The van der Waals surface area contributed by atoms with E-state index in [1.165, 1.54) is 17.9 Å². The van der Waals surface area contributed by atoms with Gasteiger partial charge in [-0.15, -0.1) is 0 Å². The van der Waals surface area contributed by atoms with E-state index < -0.39 is 11.0 Å². The van der Waals surface area contributed by atoms with Crippen LogP contribution in [-0.2, 0) is 11.3 Å². The summed E-state index contributed by atoms with van der Waals surface area (Å²) < 4.78 is 17.5. The molecule has 3 aromatic heterocycles. The second-order valence-corrected chi connectivity index (χ2v) is 5.47. The fraction of sp³-hybridized carbons (Fsp3) is 0.167. The summed E-state index contributed by atoms with van der Waals surface area (Å²) in [6.45, 7) is 0.528. The van der Waals surface area contributed by atoms with Gasteiger partial charge in [-0.25, -0.2) is 0 Å². The van der Waals surface area contributed by atoms with Crippen molar-refractivity contribution in [1.29, 1.82) is 0 Å². The Kier molecular flexibility index (Phi) is 3.70. The lowest BCUT2D eigenvalue weighted by atomic mass is 10.2. The number of nitrogens with zero attached hydrogens (tertiary/aromatic N) is 2. The largest absolute Gasteiger partial charge is 0.461 e. The van der Waals surface area contributed by atoms with Gasteiger partial charge in [-0.2, -0.15) is 4.98 Å². The molecule has 0 amide bonds.